The summed E-state index contributed by atoms with van der Waals surface area (Å²) in [6.45, 7) is 9.68. The van der Waals surface area contributed by atoms with E-state index in [0.29, 0.717) is 24.5 Å². The third kappa shape index (κ3) is 8.35. The molecule has 3 rings (SSSR count). The second-order valence-electron chi connectivity index (χ2n) is 10.1. The van der Waals surface area contributed by atoms with Crippen molar-refractivity contribution < 1.29 is 22.7 Å². The standard InChI is InChI=1S/C32H40BrN3O5S/c1-6-24(5)34-32(38)30(7-2)35(21-25-12-10-9-11-23(25)4)31(37)22-36(27-15-17-28(18-16-27)41-8-3)42(39,40)29-19-13-26(33)14-20-29/h9-20,24,30H,6-8,21-22H2,1-5H3,(H,34,38)/t24-,30+/m0/s1. The molecule has 42 heavy (non-hydrogen) atoms. The minimum atomic E-state index is -4.16. The number of rotatable bonds is 14. The Morgan fingerprint density at radius 2 is 1.57 bits per heavy atom. The van der Waals surface area contributed by atoms with Crippen molar-refractivity contribution in [1.29, 1.82) is 0 Å². The van der Waals surface area contributed by atoms with E-state index in [-0.39, 0.29) is 23.4 Å². The Labute approximate surface area is 258 Å². The van der Waals surface area contributed by atoms with Crippen LogP contribution in [0.1, 0.15) is 51.7 Å². The lowest BCUT2D eigenvalue weighted by atomic mass is 10.1. The van der Waals surface area contributed by atoms with E-state index in [0.717, 1.165) is 26.3 Å². The van der Waals surface area contributed by atoms with E-state index in [1.165, 1.54) is 17.0 Å². The quantitative estimate of drug-likeness (QED) is 0.227. The summed E-state index contributed by atoms with van der Waals surface area (Å²) in [5, 5.41) is 3.00. The Hall–Kier alpha value is -3.37. The van der Waals surface area contributed by atoms with Gasteiger partial charge in [0.1, 0.15) is 18.3 Å². The fourth-order valence-corrected chi connectivity index (χ4v) is 6.15. The van der Waals surface area contributed by atoms with Crippen LogP contribution in [0.25, 0.3) is 0 Å². The number of aryl methyl sites for hydroxylation is 1. The van der Waals surface area contributed by atoms with Crippen LogP contribution in [0.3, 0.4) is 0 Å². The van der Waals surface area contributed by atoms with Gasteiger partial charge in [-0.05, 0) is 93.3 Å². The molecule has 226 valence electrons. The number of sulfonamides is 1. The van der Waals surface area contributed by atoms with Crippen LogP contribution >= 0.6 is 15.9 Å². The lowest BCUT2D eigenvalue weighted by Crippen LogP contribution is -2.53. The largest absolute Gasteiger partial charge is 0.494 e. The van der Waals surface area contributed by atoms with Crippen LogP contribution in [0, 0.1) is 6.92 Å². The molecular formula is C32H40BrN3O5S. The maximum Gasteiger partial charge on any atom is 0.264 e. The van der Waals surface area contributed by atoms with Gasteiger partial charge in [0.25, 0.3) is 10.0 Å². The number of benzene rings is 3. The molecule has 2 atom stereocenters. The molecule has 10 heteroatoms. The number of hydrogen-bond acceptors (Lipinski definition) is 5. The molecule has 0 spiro atoms. The summed E-state index contributed by atoms with van der Waals surface area (Å²) in [6, 6.07) is 19.6. The molecule has 3 aromatic rings. The first kappa shape index (κ1) is 33.1. The van der Waals surface area contributed by atoms with Gasteiger partial charge >= 0.3 is 0 Å². The third-order valence-electron chi connectivity index (χ3n) is 7.11. The number of carbonyl (C=O) groups is 2. The van der Waals surface area contributed by atoms with E-state index in [4.69, 9.17) is 4.74 Å². The molecule has 0 saturated carbocycles. The molecule has 3 aromatic carbocycles. The van der Waals surface area contributed by atoms with Crippen molar-refractivity contribution >= 4 is 43.5 Å². The molecule has 0 radical (unpaired) electrons. The smallest absolute Gasteiger partial charge is 0.264 e. The second kappa shape index (κ2) is 15.2. The average Bonchev–Trinajstić information content (AvgIpc) is 2.97. The number of hydrogen-bond donors (Lipinski definition) is 1. The molecular weight excluding hydrogens is 618 g/mol. The first-order valence-electron chi connectivity index (χ1n) is 14.2. The summed E-state index contributed by atoms with van der Waals surface area (Å²) >= 11 is 3.35. The Balaban J connectivity index is 2.07. The molecule has 0 fully saturated rings. The Kier molecular flexibility index (Phi) is 12.0. The van der Waals surface area contributed by atoms with Gasteiger partial charge in [0.05, 0.1) is 17.2 Å². The molecule has 2 amide bonds. The number of halogens is 1. The monoisotopic (exact) mass is 657 g/mol. The molecule has 0 heterocycles. The van der Waals surface area contributed by atoms with Crippen molar-refractivity contribution in [2.45, 2.75) is 71.0 Å². The number of ether oxygens (including phenoxy) is 1. The number of anilines is 1. The molecule has 1 N–H and O–H groups in total. The van der Waals surface area contributed by atoms with Crippen molar-refractivity contribution in [2.24, 2.45) is 0 Å². The average molecular weight is 659 g/mol. The van der Waals surface area contributed by atoms with Crippen molar-refractivity contribution in [1.82, 2.24) is 10.2 Å². The van der Waals surface area contributed by atoms with E-state index in [1.807, 2.05) is 58.9 Å². The van der Waals surface area contributed by atoms with Gasteiger partial charge in [0.15, 0.2) is 0 Å². The van der Waals surface area contributed by atoms with Crippen LogP contribution in [0.4, 0.5) is 5.69 Å². The molecule has 0 saturated heterocycles. The summed E-state index contributed by atoms with van der Waals surface area (Å²) < 4.78 is 35.4. The Bertz CT molecular complexity index is 1450. The van der Waals surface area contributed by atoms with Crippen LogP contribution < -0.4 is 14.4 Å². The summed E-state index contributed by atoms with van der Waals surface area (Å²) in [6.07, 6.45) is 1.10. The maximum atomic E-state index is 14.2. The van der Waals surface area contributed by atoms with Crippen molar-refractivity contribution in [3.05, 3.63) is 88.4 Å². The molecule has 0 aromatic heterocycles. The van der Waals surface area contributed by atoms with Crippen LogP contribution in [0.15, 0.2) is 82.2 Å². The van der Waals surface area contributed by atoms with Gasteiger partial charge in [0.2, 0.25) is 11.8 Å². The number of nitrogens with one attached hydrogen (secondary N) is 1. The number of amides is 2. The van der Waals surface area contributed by atoms with Crippen molar-refractivity contribution in [3.8, 4) is 5.75 Å². The lowest BCUT2D eigenvalue weighted by molar-refractivity contribution is -0.140. The van der Waals surface area contributed by atoms with Gasteiger partial charge in [-0.15, -0.1) is 0 Å². The number of carbonyl (C=O) groups excluding carboxylic acids is 2. The van der Waals surface area contributed by atoms with Gasteiger partial charge in [-0.1, -0.05) is 54.0 Å². The van der Waals surface area contributed by atoms with Gasteiger partial charge in [-0.3, -0.25) is 13.9 Å². The Morgan fingerprint density at radius 3 is 2.14 bits per heavy atom. The molecule has 0 aliphatic carbocycles. The first-order valence-corrected chi connectivity index (χ1v) is 16.4. The predicted molar refractivity (Wildman–Crippen MR) is 170 cm³/mol. The summed E-state index contributed by atoms with van der Waals surface area (Å²) in [5.41, 5.74) is 2.16. The fraction of sp³-hybridized carbons (Fsp3) is 0.375. The highest BCUT2D eigenvalue weighted by atomic mass is 79.9. The molecule has 8 nitrogen and oxygen atoms in total. The summed E-state index contributed by atoms with van der Waals surface area (Å²) in [4.78, 5) is 29.2. The van der Waals surface area contributed by atoms with Gasteiger partial charge in [-0.2, -0.15) is 0 Å². The van der Waals surface area contributed by atoms with Gasteiger partial charge < -0.3 is 15.0 Å². The second-order valence-corrected chi connectivity index (χ2v) is 12.9. The zero-order chi connectivity index (χ0) is 30.9. The number of nitrogens with zero attached hydrogens (tertiary/aromatic N) is 2. The fourth-order valence-electron chi connectivity index (χ4n) is 4.47. The van der Waals surface area contributed by atoms with Gasteiger partial charge in [-0.25, -0.2) is 8.42 Å². The molecule has 0 bridgehead atoms. The summed E-state index contributed by atoms with van der Waals surface area (Å²) in [5.74, 6) is -0.168. The Morgan fingerprint density at radius 1 is 0.929 bits per heavy atom. The highest BCUT2D eigenvalue weighted by Gasteiger charge is 2.34. The van der Waals surface area contributed by atoms with Crippen LogP contribution in [-0.4, -0.2) is 50.4 Å². The van der Waals surface area contributed by atoms with Gasteiger partial charge in [0, 0.05) is 17.1 Å². The first-order chi connectivity index (χ1) is 20.0. The topological polar surface area (TPSA) is 96.0 Å². The third-order valence-corrected chi connectivity index (χ3v) is 9.42. The highest BCUT2D eigenvalue weighted by Crippen LogP contribution is 2.28. The molecule has 0 aliphatic heterocycles. The molecule has 0 aliphatic rings. The van der Waals surface area contributed by atoms with E-state index in [2.05, 4.69) is 21.2 Å². The summed E-state index contributed by atoms with van der Waals surface area (Å²) in [7, 11) is -4.16. The van der Waals surface area contributed by atoms with E-state index in [9.17, 15) is 18.0 Å². The highest BCUT2D eigenvalue weighted by molar-refractivity contribution is 9.10. The maximum absolute atomic E-state index is 14.2. The SMILES string of the molecule is CCOc1ccc(N(CC(=O)N(Cc2ccccc2C)[C@H](CC)C(=O)N[C@@H](C)CC)S(=O)(=O)c2ccc(Br)cc2)cc1. The minimum absolute atomic E-state index is 0.0411. The van der Waals surface area contributed by atoms with E-state index in [1.54, 1.807) is 36.4 Å². The lowest BCUT2D eigenvalue weighted by Gasteiger charge is -2.34. The van der Waals surface area contributed by atoms with Crippen molar-refractivity contribution in [2.75, 3.05) is 17.5 Å². The predicted octanol–water partition coefficient (Wildman–Crippen LogP) is 6.07. The zero-order valence-electron chi connectivity index (χ0n) is 24.8. The molecule has 0 unspecified atom stereocenters. The normalized spacial score (nSPS) is 12.7. The zero-order valence-corrected chi connectivity index (χ0v) is 27.2. The van der Waals surface area contributed by atoms with Crippen LogP contribution in [-0.2, 0) is 26.2 Å². The van der Waals surface area contributed by atoms with Crippen molar-refractivity contribution in [3.63, 3.8) is 0 Å². The van der Waals surface area contributed by atoms with Crippen LogP contribution in [0.2, 0.25) is 0 Å². The van der Waals surface area contributed by atoms with Crippen LogP contribution in [0.5, 0.6) is 5.75 Å². The van der Waals surface area contributed by atoms with E-state index >= 15 is 0 Å². The van der Waals surface area contributed by atoms with E-state index < -0.39 is 28.5 Å². The minimum Gasteiger partial charge on any atom is -0.494 e.